The fourth-order valence-corrected chi connectivity index (χ4v) is 6.28. The first-order chi connectivity index (χ1) is 17.8. The van der Waals surface area contributed by atoms with Crippen LogP contribution in [0.3, 0.4) is 0 Å². The molecule has 3 aromatic rings. The molecule has 2 amide bonds. The van der Waals surface area contributed by atoms with Crippen LogP contribution in [0, 0.1) is 0 Å². The molecule has 0 aromatic heterocycles. The standard InChI is InChI=1S/C27H28N2O7S/c1-34-22-14-18(24(15-23(22)35-2)37(32,33)28-16-19-8-5-13-36-19)11-12-29-26(30)20-9-3-6-17-7-4-10-21(25(17)20)27(29)31/h3-4,6-7,9-10,14-15,19,28H,5,8,11-13,16H2,1-2H3/t19-/m0/s1. The van der Waals surface area contributed by atoms with Crippen LogP contribution >= 0.6 is 0 Å². The molecule has 0 spiro atoms. The third kappa shape index (κ3) is 4.68. The van der Waals surface area contributed by atoms with Gasteiger partial charge in [-0.05, 0) is 48.4 Å². The average molecular weight is 525 g/mol. The predicted molar refractivity (Wildman–Crippen MR) is 137 cm³/mol. The van der Waals surface area contributed by atoms with Crippen LogP contribution in [0.2, 0.25) is 0 Å². The number of hydrogen-bond acceptors (Lipinski definition) is 7. The molecule has 1 N–H and O–H groups in total. The van der Waals surface area contributed by atoms with E-state index in [1.54, 1.807) is 30.3 Å². The van der Waals surface area contributed by atoms with E-state index in [9.17, 15) is 18.0 Å². The highest BCUT2D eigenvalue weighted by Gasteiger charge is 2.33. The fourth-order valence-electron chi connectivity index (χ4n) is 4.95. The lowest BCUT2D eigenvalue weighted by Gasteiger charge is -2.27. The Balaban J connectivity index is 1.45. The third-order valence-corrected chi connectivity index (χ3v) is 8.35. The summed E-state index contributed by atoms with van der Waals surface area (Å²) >= 11 is 0. The first kappa shape index (κ1) is 25.2. The van der Waals surface area contributed by atoms with Gasteiger partial charge >= 0.3 is 0 Å². The molecular formula is C27H28N2O7S. The van der Waals surface area contributed by atoms with Gasteiger partial charge in [-0.15, -0.1) is 0 Å². The molecule has 5 rings (SSSR count). The molecule has 1 saturated heterocycles. The average Bonchev–Trinajstić information content (AvgIpc) is 3.44. The molecular weight excluding hydrogens is 496 g/mol. The number of carbonyl (C=O) groups excluding carboxylic acids is 2. The smallest absolute Gasteiger partial charge is 0.261 e. The largest absolute Gasteiger partial charge is 0.493 e. The van der Waals surface area contributed by atoms with E-state index in [1.807, 2.05) is 12.1 Å². The molecule has 9 nitrogen and oxygen atoms in total. The predicted octanol–water partition coefficient (Wildman–Crippen LogP) is 3.15. The lowest BCUT2D eigenvalue weighted by Crippen LogP contribution is -2.41. The second kappa shape index (κ2) is 10.1. The maximum Gasteiger partial charge on any atom is 0.261 e. The van der Waals surface area contributed by atoms with Gasteiger partial charge in [-0.3, -0.25) is 14.5 Å². The van der Waals surface area contributed by atoms with Gasteiger partial charge in [-0.2, -0.15) is 0 Å². The summed E-state index contributed by atoms with van der Waals surface area (Å²) in [6.45, 7) is 0.759. The monoisotopic (exact) mass is 524 g/mol. The van der Waals surface area contributed by atoms with E-state index in [0.717, 1.165) is 18.2 Å². The lowest BCUT2D eigenvalue weighted by atomic mass is 9.94. The normalized spacial score (nSPS) is 17.5. The number of ether oxygens (including phenoxy) is 3. The Labute approximate surface area is 215 Å². The number of imide groups is 1. The number of sulfonamides is 1. The molecule has 0 radical (unpaired) electrons. The van der Waals surface area contributed by atoms with Gasteiger partial charge in [0.1, 0.15) is 0 Å². The zero-order valence-corrected chi connectivity index (χ0v) is 21.5. The molecule has 1 fully saturated rings. The Hall–Kier alpha value is -3.47. The molecule has 194 valence electrons. The van der Waals surface area contributed by atoms with Crippen LogP contribution in [-0.4, -0.2) is 65.2 Å². The Morgan fingerprint density at radius 1 is 1.00 bits per heavy atom. The number of benzene rings is 3. The molecule has 1 atom stereocenters. The highest BCUT2D eigenvalue weighted by atomic mass is 32.2. The van der Waals surface area contributed by atoms with Crippen molar-refractivity contribution in [3.63, 3.8) is 0 Å². The molecule has 0 bridgehead atoms. The molecule has 0 aliphatic carbocycles. The first-order valence-electron chi connectivity index (χ1n) is 12.1. The number of carbonyl (C=O) groups is 2. The number of nitrogens with zero attached hydrogens (tertiary/aromatic N) is 1. The molecule has 0 saturated carbocycles. The SMILES string of the molecule is COc1cc(CCN2C(=O)c3cccc4cccc(c34)C2=O)c(S(=O)(=O)NC[C@@H]2CCCO2)cc1OC. The van der Waals surface area contributed by atoms with Crippen molar-refractivity contribution in [1.29, 1.82) is 0 Å². The summed E-state index contributed by atoms with van der Waals surface area (Å²) in [6, 6.07) is 13.7. The summed E-state index contributed by atoms with van der Waals surface area (Å²) in [5.41, 5.74) is 1.30. The van der Waals surface area contributed by atoms with Gasteiger partial charge in [0.2, 0.25) is 10.0 Å². The van der Waals surface area contributed by atoms with E-state index in [2.05, 4.69) is 4.72 Å². The summed E-state index contributed by atoms with van der Waals surface area (Å²) in [6.07, 6.45) is 1.61. The molecule has 0 unspecified atom stereocenters. The van der Waals surface area contributed by atoms with Crippen LogP contribution < -0.4 is 14.2 Å². The summed E-state index contributed by atoms with van der Waals surface area (Å²) in [7, 11) is -1.06. The van der Waals surface area contributed by atoms with E-state index in [4.69, 9.17) is 14.2 Å². The van der Waals surface area contributed by atoms with Crippen LogP contribution in [0.25, 0.3) is 10.8 Å². The molecule has 37 heavy (non-hydrogen) atoms. The number of methoxy groups -OCH3 is 2. The van der Waals surface area contributed by atoms with E-state index in [1.165, 1.54) is 25.2 Å². The molecule has 10 heteroatoms. The van der Waals surface area contributed by atoms with E-state index < -0.39 is 21.8 Å². The van der Waals surface area contributed by atoms with Crippen LogP contribution in [-0.2, 0) is 21.2 Å². The van der Waals surface area contributed by atoms with Gasteiger partial charge in [0.15, 0.2) is 11.5 Å². The van der Waals surface area contributed by atoms with Crippen molar-refractivity contribution in [2.45, 2.75) is 30.3 Å². The second-order valence-electron chi connectivity index (χ2n) is 9.02. The van der Waals surface area contributed by atoms with Gasteiger partial charge < -0.3 is 14.2 Å². The first-order valence-corrected chi connectivity index (χ1v) is 13.6. The summed E-state index contributed by atoms with van der Waals surface area (Å²) in [5, 5.41) is 1.46. The minimum atomic E-state index is -3.95. The van der Waals surface area contributed by atoms with Crippen molar-refractivity contribution in [3.8, 4) is 11.5 Å². The van der Waals surface area contributed by atoms with Crippen molar-refractivity contribution in [2.24, 2.45) is 0 Å². The Bertz CT molecular complexity index is 1430. The number of rotatable bonds is 9. The van der Waals surface area contributed by atoms with E-state index in [0.29, 0.717) is 34.4 Å². The second-order valence-corrected chi connectivity index (χ2v) is 10.8. The minimum Gasteiger partial charge on any atom is -0.493 e. The Kier molecular flexibility index (Phi) is 6.89. The third-order valence-electron chi connectivity index (χ3n) is 6.84. The lowest BCUT2D eigenvalue weighted by molar-refractivity contribution is 0.0612. The molecule has 2 heterocycles. The summed E-state index contributed by atoms with van der Waals surface area (Å²) in [4.78, 5) is 27.8. The number of nitrogens with one attached hydrogen (secondary N) is 1. The molecule has 2 aliphatic rings. The summed E-state index contributed by atoms with van der Waals surface area (Å²) < 4.78 is 45.6. The van der Waals surface area contributed by atoms with Crippen molar-refractivity contribution < 1.29 is 32.2 Å². The molecule has 3 aromatic carbocycles. The van der Waals surface area contributed by atoms with Gasteiger partial charge in [0.25, 0.3) is 11.8 Å². The van der Waals surface area contributed by atoms with Gasteiger partial charge in [-0.25, -0.2) is 13.1 Å². The van der Waals surface area contributed by atoms with Gasteiger partial charge in [0.05, 0.1) is 25.2 Å². The zero-order valence-electron chi connectivity index (χ0n) is 20.7. The number of amides is 2. The van der Waals surface area contributed by atoms with Crippen molar-refractivity contribution in [3.05, 3.63) is 65.2 Å². The number of hydrogen-bond donors (Lipinski definition) is 1. The maximum absolute atomic E-state index is 13.3. The Morgan fingerprint density at radius 2 is 1.65 bits per heavy atom. The zero-order chi connectivity index (χ0) is 26.2. The maximum atomic E-state index is 13.3. The van der Waals surface area contributed by atoms with Gasteiger partial charge in [0, 0.05) is 42.3 Å². The topological polar surface area (TPSA) is 111 Å². The molecule has 2 aliphatic heterocycles. The minimum absolute atomic E-state index is 0.00237. The van der Waals surface area contributed by atoms with Crippen LogP contribution in [0.4, 0.5) is 0 Å². The highest BCUT2D eigenvalue weighted by molar-refractivity contribution is 7.89. The van der Waals surface area contributed by atoms with Crippen LogP contribution in [0.5, 0.6) is 11.5 Å². The van der Waals surface area contributed by atoms with Crippen molar-refractivity contribution in [1.82, 2.24) is 9.62 Å². The van der Waals surface area contributed by atoms with Gasteiger partial charge in [-0.1, -0.05) is 24.3 Å². The highest BCUT2D eigenvalue weighted by Crippen LogP contribution is 2.34. The van der Waals surface area contributed by atoms with Crippen molar-refractivity contribution in [2.75, 3.05) is 33.9 Å². The Morgan fingerprint density at radius 3 is 2.24 bits per heavy atom. The summed E-state index contributed by atoms with van der Waals surface area (Å²) in [5.74, 6) is -0.206. The van der Waals surface area contributed by atoms with E-state index >= 15 is 0 Å². The van der Waals surface area contributed by atoms with Crippen LogP contribution in [0.15, 0.2) is 53.4 Å². The fraction of sp³-hybridized carbons (Fsp3) is 0.333. The van der Waals surface area contributed by atoms with E-state index in [-0.39, 0.29) is 36.3 Å². The van der Waals surface area contributed by atoms with Crippen LogP contribution in [0.1, 0.15) is 39.1 Å². The quantitative estimate of drug-likeness (QED) is 0.428. The van der Waals surface area contributed by atoms with Crippen molar-refractivity contribution >= 4 is 32.6 Å².